The number of hydrogen-bond donors (Lipinski definition) is 0. The van der Waals surface area contributed by atoms with Crippen molar-refractivity contribution in [1.29, 1.82) is 0 Å². The number of ketones is 1. The van der Waals surface area contributed by atoms with Crippen molar-refractivity contribution in [2.45, 2.75) is 26.6 Å². The van der Waals surface area contributed by atoms with Gasteiger partial charge in [0.25, 0.3) is 0 Å². The van der Waals surface area contributed by atoms with E-state index in [4.69, 9.17) is 4.74 Å². The van der Waals surface area contributed by atoms with Crippen molar-refractivity contribution in [2.75, 3.05) is 6.61 Å². The summed E-state index contributed by atoms with van der Waals surface area (Å²) in [5.74, 6) is -1.23. The fourth-order valence-electron chi connectivity index (χ4n) is 2.30. The predicted octanol–water partition coefficient (Wildman–Crippen LogP) is 4.17. The Morgan fingerprint density at radius 3 is 2.64 bits per heavy atom. The zero-order valence-corrected chi connectivity index (χ0v) is 14.4. The van der Waals surface area contributed by atoms with Gasteiger partial charge in [-0.2, -0.15) is 13.2 Å². The molecule has 0 saturated carbocycles. The number of Topliss-reactive ketones (excluding diaryl/α,β-unsaturated/α-hetero) is 1. The number of hydrogen-bond acceptors (Lipinski definition) is 4. The molecule has 2 rings (SSSR count). The molecule has 134 valence electrons. The van der Waals surface area contributed by atoms with Crippen molar-refractivity contribution in [3.63, 3.8) is 0 Å². The summed E-state index contributed by atoms with van der Waals surface area (Å²) >= 11 is 1.44. The number of aryl methyl sites for hydroxylation is 1. The van der Waals surface area contributed by atoms with Gasteiger partial charge in [0.2, 0.25) is 5.78 Å². The Morgan fingerprint density at radius 1 is 1.32 bits per heavy atom. The van der Waals surface area contributed by atoms with E-state index in [0.717, 1.165) is 9.44 Å². The predicted molar refractivity (Wildman–Crippen MR) is 88.6 cm³/mol. The number of rotatable bonds is 6. The summed E-state index contributed by atoms with van der Waals surface area (Å²) in [6.45, 7) is 1.24. The first-order chi connectivity index (χ1) is 11.7. The van der Waals surface area contributed by atoms with Gasteiger partial charge in [-0.3, -0.25) is 4.79 Å². The van der Waals surface area contributed by atoms with Crippen LogP contribution >= 0.6 is 11.3 Å². The van der Waals surface area contributed by atoms with Crippen LogP contribution in [-0.4, -0.2) is 29.1 Å². The van der Waals surface area contributed by atoms with Crippen LogP contribution in [0.2, 0.25) is 0 Å². The number of thiophene rings is 1. The summed E-state index contributed by atoms with van der Waals surface area (Å²) in [6, 6.07) is 5.02. The second-order valence-corrected chi connectivity index (χ2v) is 6.35. The van der Waals surface area contributed by atoms with Crippen LogP contribution in [0.4, 0.5) is 13.2 Å². The minimum absolute atomic E-state index is 0.122. The van der Waals surface area contributed by atoms with Gasteiger partial charge in [-0.25, -0.2) is 4.79 Å². The lowest BCUT2D eigenvalue weighted by molar-refractivity contribution is -0.141. The van der Waals surface area contributed by atoms with E-state index in [2.05, 4.69) is 0 Å². The Kier molecular flexibility index (Phi) is 5.84. The highest BCUT2D eigenvalue weighted by atomic mass is 32.1. The quantitative estimate of drug-likeness (QED) is 0.435. The zero-order chi connectivity index (χ0) is 18.6. The standard InChI is InChI=1S/C17H16F3NO3S/c1-11-8-14(12(2)21(11)10-17(18,19)20)15(22)9-24-16(23)6-5-13-4-3-7-25-13/h3-8H,9-10H2,1-2H3/b6-5+. The molecule has 0 fully saturated rings. The number of ether oxygens (including phenoxy) is 1. The molecule has 0 bridgehead atoms. The van der Waals surface area contributed by atoms with Crippen molar-refractivity contribution >= 4 is 29.2 Å². The average Bonchev–Trinajstić information content (AvgIpc) is 3.13. The van der Waals surface area contributed by atoms with Gasteiger partial charge < -0.3 is 9.30 Å². The lowest BCUT2D eigenvalue weighted by Gasteiger charge is -2.12. The fourth-order valence-corrected chi connectivity index (χ4v) is 2.92. The first-order valence-corrected chi connectivity index (χ1v) is 8.20. The monoisotopic (exact) mass is 371 g/mol. The van der Waals surface area contributed by atoms with Gasteiger partial charge in [0.1, 0.15) is 6.54 Å². The zero-order valence-electron chi connectivity index (χ0n) is 13.6. The molecule has 0 N–H and O–H groups in total. The van der Waals surface area contributed by atoms with Crippen LogP contribution in [0.3, 0.4) is 0 Å². The second kappa shape index (κ2) is 7.69. The Balaban J connectivity index is 1.99. The molecule has 25 heavy (non-hydrogen) atoms. The maximum absolute atomic E-state index is 12.6. The number of esters is 1. The SMILES string of the molecule is Cc1cc(C(=O)COC(=O)/C=C/c2cccs2)c(C)n1CC(F)(F)F. The number of aromatic nitrogens is 1. The van der Waals surface area contributed by atoms with Crippen LogP contribution in [-0.2, 0) is 16.1 Å². The van der Waals surface area contributed by atoms with Gasteiger partial charge in [0, 0.05) is 27.9 Å². The molecule has 0 aliphatic carbocycles. The lowest BCUT2D eigenvalue weighted by Crippen LogP contribution is -2.20. The van der Waals surface area contributed by atoms with Gasteiger partial charge in [-0.15, -0.1) is 11.3 Å². The highest BCUT2D eigenvalue weighted by Crippen LogP contribution is 2.23. The van der Waals surface area contributed by atoms with Crippen molar-refractivity contribution < 1.29 is 27.5 Å². The molecule has 2 aromatic heterocycles. The Hall–Kier alpha value is -2.35. The first-order valence-electron chi connectivity index (χ1n) is 7.32. The lowest BCUT2D eigenvalue weighted by atomic mass is 10.1. The van der Waals surface area contributed by atoms with E-state index in [1.165, 1.54) is 37.3 Å². The van der Waals surface area contributed by atoms with E-state index >= 15 is 0 Å². The minimum atomic E-state index is -4.38. The summed E-state index contributed by atoms with van der Waals surface area (Å²) in [6.07, 6.45) is -1.62. The number of halogens is 3. The summed E-state index contributed by atoms with van der Waals surface area (Å²) in [4.78, 5) is 24.6. The largest absolute Gasteiger partial charge is 0.454 e. The van der Waals surface area contributed by atoms with Crippen LogP contribution in [0.5, 0.6) is 0 Å². The smallest absolute Gasteiger partial charge is 0.406 e. The highest BCUT2D eigenvalue weighted by molar-refractivity contribution is 7.10. The van der Waals surface area contributed by atoms with Crippen LogP contribution in [0.1, 0.15) is 26.6 Å². The average molecular weight is 371 g/mol. The Bertz CT molecular complexity index is 789. The van der Waals surface area contributed by atoms with Crippen molar-refractivity contribution in [3.8, 4) is 0 Å². The summed E-state index contributed by atoms with van der Waals surface area (Å²) in [7, 11) is 0. The van der Waals surface area contributed by atoms with Gasteiger partial charge in [0.05, 0.1) is 0 Å². The first kappa shape index (κ1) is 19.0. The summed E-state index contributed by atoms with van der Waals surface area (Å²) < 4.78 is 43.6. The van der Waals surface area contributed by atoms with Gasteiger partial charge >= 0.3 is 12.1 Å². The molecule has 0 aromatic carbocycles. The summed E-state index contributed by atoms with van der Waals surface area (Å²) in [5, 5.41) is 1.85. The van der Waals surface area contributed by atoms with Gasteiger partial charge in [-0.05, 0) is 37.4 Å². The van der Waals surface area contributed by atoms with Crippen LogP contribution in [0.25, 0.3) is 6.08 Å². The minimum Gasteiger partial charge on any atom is -0.454 e. The third-order valence-corrected chi connectivity index (χ3v) is 4.32. The molecule has 2 aromatic rings. The third kappa shape index (κ3) is 5.32. The van der Waals surface area contributed by atoms with Gasteiger partial charge in [-0.1, -0.05) is 6.07 Å². The van der Waals surface area contributed by atoms with E-state index in [0.29, 0.717) is 5.69 Å². The van der Waals surface area contributed by atoms with Crippen LogP contribution < -0.4 is 0 Å². The second-order valence-electron chi connectivity index (χ2n) is 5.37. The maximum Gasteiger partial charge on any atom is 0.406 e. The number of alkyl halides is 3. The molecule has 0 spiro atoms. The van der Waals surface area contributed by atoms with Crippen molar-refractivity contribution in [1.82, 2.24) is 4.57 Å². The Labute approximate surface area is 146 Å². The normalized spacial score (nSPS) is 11.9. The summed E-state index contributed by atoms with van der Waals surface area (Å²) in [5.41, 5.74) is 0.642. The number of nitrogens with zero attached hydrogens (tertiary/aromatic N) is 1. The van der Waals surface area contributed by atoms with Gasteiger partial charge in [0.15, 0.2) is 6.61 Å². The molecule has 8 heteroatoms. The molecule has 0 atom stereocenters. The Morgan fingerprint density at radius 2 is 2.04 bits per heavy atom. The van der Waals surface area contributed by atoms with E-state index in [9.17, 15) is 22.8 Å². The van der Waals surface area contributed by atoms with Crippen molar-refractivity contribution in [3.05, 3.63) is 51.5 Å². The fraction of sp³-hybridized carbons (Fsp3) is 0.294. The van der Waals surface area contributed by atoms with Crippen LogP contribution in [0, 0.1) is 13.8 Å². The number of carbonyl (C=O) groups is 2. The van der Waals surface area contributed by atoms with E-state index < -0.39 is 31.1 Å². The molecule has 0 aliphatic rings. The molecule has 0 radical (unpaired) electrons. The topological polar surface area (TPSA) is 48.3 Å². The maximum atomic E-state index is 12.6. The van der Waals surface area contributed by atoms with Crippen molar-refractivity contribution in [2.24, 2.45) is 0 Å². The van der Waals surface area contributed by atoms with E-state index in [1.807, 2.05) is 17.5 Å². The molecular formula is C17H16F3NO3S. The highest BCUT2D eigenvalue weighted by Gasteiger charge is 2.30. The molecule has 0 saturated heterocycles. The molecule has 4 nitrogen and oxygen atoms in total. The van der Waals surface area contributed by atoms with E-state index in [1.54, 1.807) is 6.08 Å². The molecule has 0 aliphatic heterocycles. The third-order valence-electron chi connectivity index (χ3n) is 3.48. The number of carbonyl (C=O) groups excluding carboxylic acids is 2. The molecule has 0 amide bonds. The molecule has 2 heterocycles. The van der Waals surface area contributed by atoms with E-state index in [-0.39, 0.29) is 11.3 Å². The molecule has 0 unspecified atom stereocenters. The molecular weight excluding hydrogens is 355 g/mol. The van der Waals surface area contributed by atoms with Crippen LogP contribution in [0.15, 0.2) is 29.7 Å².